The lowest BCUT2D eigenvalue weighted by atomic mass is 9.80. The molecule has 0 aliphatic heterocycles. The highest BCUT2D eigenvalue weighted by Crippen LogP contribution is 2.34. The van der Waals surface area contributed by atoms with Crippen LogP contribution >= 0.6 is 27.3 Å². The fraction of sp³-hybridized carbons (Fsp3) is 0.571. The van der Waals surface area contributed by atoms with E-state index in [1.807, 2.05) is 12.1 Å². The average Bonchev–Trinajstić information content (AvgIpc) is 2.83. The highest BCUT2D eigenvalue weighted by molar-refractivity contribution is 9.11. The van der Waals surface area contributed by atoms with Gasteiger partial charge in [0.2, 0.25) is 5.91 Å². The third-order valence-electron chi connectivity index (χ3n) is 4.05. The molecule has 0 unspecified atom stereocenters. The fourth-order valence-electron chi connectivity index (χ4n) is 2.78. The number of carbonyl (C=O) groups excluding carboxylic acids is 1. The first-order valence-electron chi connectivity index (χ1n) is 6.70. The van der Waals surface area contributed by atoms with Crippen molar-refractivity contribution in [1.82, 2.24) is 4.90 Å². The molecule has 4 nitrogen and oxygen atoms in total. The molecule has 0 radical (unpaired) electrons. The number of hydrogen-bond donors (Lipinski definition) is 1. The second-order valence-electron chi connectivity index (χ2n) is 5.23. The van der Waals surface area contributed by atoms with Crippen LogP contribution in [-0.4, -0.2) is 34.5 Å². The molecule has 1 aromatic heterocycles. The Morgan fingerprint density at radius 3 is 2.50 bits per heavy atom. The van der Waals surface area contributed by atoms with Gasteiger partial charge in [-0.15, -0.1) is 11.3 Å². The summed E-state index contributed by atoms with van der Waals surface area (Å²) in [5, 5.41) is 9.58. The Kier molecular flexibility index (Phi) is 4.86. The van der Waals surface area contributed by atoms with E-state index in [-0.39, 0.29) is 12.3 Å². The van der Waals surface area contributed by atoms with Crippen LogP contribution in [0.2, 0.25) is 0 Å². The highest BCUT2D eigenvalue weighted by atomic mass is 79.9. The third kappa shape index (κ3) is 3.06. The summed E-state index contributed by atoms with van der Waals surface area (Å²) in [6.07, 6.45) is 4.16. The van der Waals surface area contributed by atoms with E-state index in [0.29, 0.717) is 12.8 Å². The van der Waals surface area contributed by atoms with Gasteiger partial charge < -0.3 is 10.0 Å². The SMILES string of the molecule is CN(C(=O)Cc1ccc(Br)s1)C1(C(=O)O)CCCCC1. The van der Waals surface area contributed by atoms with E-state index in [1.165, 1.54) is 16.2 Å². The zero-order valence-electron chi connectivity index (χ0n) is 11.4. The molecule has 0 saturated heterocycles. The number of likely N-dealkylation sites (N-methyl/N-ethyl adjacent to an activating group) is 1. The number of amides is 1. The van der Waals surface area contributed by atoms with Crippen molar-refractivity contribution in [2.24, 2.45) is 0 Å². The maximum Gasteiger partial charge on any atom is 0.329 e. The smallest absolute Gasteiger partial charge is 0.329 e. The van der Waals surface area contributed by atoms with Gasteiger partial charge in [-0.3, -0.25) is 4.79 Å². The molecule has 20 heavy (non-hydrogen) atoms. The molecular formula is C14H18BrNO3S. The number of hydrogen-bond acceptors (Lipinski definition) is 3. The summed E-state index contributed by atoms with van der Waals surface area (Å²) < 4.78 is 0.980. The first-order valence-corrected chi connectivity index (χ1v) is 8.31. The maximum absolute atomic E-state index is 12.4. The van der Waals surface area contributed by atoms with E-state index in [4.69, 9.17) is 0 Å². The molecule has 1 aromatic rings. The minimum absolute atomic E-state index is 0.122. The number of thiophene rings is 1. The van der Waals surface area contributed by atoms with Crippen molar-refractivity contribution in [3.05, 3.63) is 20.8 Å². The van der Waals surface area contributed by atoms with Crippen molar-refractivity contribution >= 4 is 39.1 Å². The molecule has 1 N–H and O–H groups in total. The van der Waals surface area contributed by atoms with Crippen LogP contribution < -0.4 is 0 Å². The van der Waals surface area contributed by atoms with E-state index >= 15 is 0 Å². The standard InChI is InChI=1S/C14H18BrNO3S/c1-16(12(17)9-10-5-6-11(15)20-10)14(13(18)19)7-3-2-4-8-14/h5-6H,2-4,7-9H2,1H3,(H,18,19). The summed E-state index contributed by atoms with van der Waals surface area (Å²) in [6, 6.07) is 3.80. The maximum atomic E-state index is 12.4. The van der Waals surface area contributed by atoms with Crippen LogP contribution in [-0.2, 0) is 16.0 Å². The molecule has 110 valence electrons. The molecule has 1 aliphatic carbocycles. The average molecular weight is 360 g/mol. The zero-order valence-corrected chi connectivity index (χ0v) is 13.8. The van der Waals surface area contributed by atoms with E-state index in [2.05, 4.69) is 15.9 Å². The highest BCUT2D eigenvalue weighted by Gasteiger charge is 2.45. The van der Waals surface area contributed by atoms with Crippen molar-refractivity contribution in [3.8, 4) is 0 Å². The van der Waals surface area contributed by atoms with Crippen LogP contribution in [0.1, 0.15) is 37.0 Å². The Morgan fingerprint density at radius 1 is 1.35 bits per heavy atom. The predicted octanol–water partition coefficient (Wildman–Crippen LogP) is 3.30. The van der Waals surface area contributed by atoms with E-state index < -0.39 is 11.5 Å². The molecule has 1 heterocycles. The van der Waals surface area contributed by atoms with Gasteiger partial charge in [-0.1, -0.05) is 19.3 Å². The van der Waals surface area contributed by atoms with Crippen LogP contribution in [0.15, 0.2) is 15.9 Å². The van der Waals surface area contributed by atoms with E-state index in [1.54, 1.807) is 7.05 Å². The van der Waals surface area contributed by atoms with Crippen LogP contribution in [0.4, 0.5) is 0 Å². The van der Waals surface area contributed by atoms with Crippen LogP contribution in [0, 0.1) is 0 Å². The Hall–Kier alpha value is -0.880. The Labute approximate surface area is 130 Å². The predicted molar refractivity (Wildman–Crippen MR) is 81.9 cm³/mol. The quantitative estimate of drug-likeness (QED) is 0.896. The number of carbonyl (C=O) groups is 2. The summed E-state index contributed by atoms with van der Waals surface area (Å²) >= 11 is 4.88. The van der Waals surface area contributed by atoms with Crippen molar-refractivity contribution in [2.45, 2.75) is 44.1 Å². The summed E-state index contributed by atoms with van der Waals surface area (Å²) in [4.78, 5) is 26.5. The molecule has 1 fully saturated rings. The monoisotopic (exact) mass is 359 g/mol. The number of rotatable bonds is 4. The molecule has 2 rings (SSSR count). The van der Waals surface area contributed by atoms with Gasteiger partial charge in [0, 0.05) is 11.9 Å². The Morgan fingerprint density at radius 2 is 2.00 bits per heavy atom. The molecular weight excluding hydrogens is 342 g/mol. The van der Waals surface area contributed by atoms with Gasteiger partial charge in [-0.25, -0.2) is 4.79 Å². The van der Waals surface area contributed by atoms with Gasteiger partial charge in [0.05, 0.1) is 10.2 Å². The molecule has 1 aliphatic rings. The fourth-order valence-corrected chi connectivity index (χ4v) is 4.26. The lowest BCUT2D eigenvalue weighted by Crippen LogP contribution is -2.56. The Balaban J connectivity index is 2.12. The number of nitrogens with zero attached hydrogens (tertiary/aromatic N) is 1. The first-order chi connectivity index (χ1) is 9.45. The van der Waals surface area contributed by atoms with Crippen molar-refractivity contribution < 1.29 is 14.7 Å². The minimum atomic E-state index is -1.01. The lowest BCUT2D eigenvalue weighted by Gasteiger charge is -2.41. The molecule has 1 saturated carbocycles. The molecule has 0 bridgehead atoms. The number of aliphatic carboxylic acids is 1. The molecule has 0 atom stereocenters. The molecule has 1 amide bonds. The van der Waals surface area contributed by atoms with Gasteiger partial charge in [-0.05, 0) is 40.9 Å². The van der Waals surface area contributed by atoms with Gasteiger partial charge >= 0.3 is 5.97 Å². The van der Waals surface area contributed by atoms with Gasteiger partial charge in [0.1, 0.15) is 5.54 Å². The number of carboxylic acids is 1. The normalized spacial score (nSPS) is 17.7. The van der Waals surface area contributed by atoms with Crippen molar-refractivity contribution in [1.29, 1.82) is 0 Å². The van der Waals surface area contributed by atoms with E-state index in [0.717, 1.165) is 27.9 Å². The van der Waals surface area contributed by atoms with Gasteiger partial charge in [0.25, 0.3) is 0 Å². The van der Waals surface area contributed by atoms with Crippen molar-refractivity contribution in [3.63, 3.8) is 0 Å². The van der Waals surface area contributed by atoms with Gasteiger partial charge in [-0.2, -0.15) is 0 Å². The zero-order chi connectivity index (χ0) is 14.8. The van der Waals surface area contributed by atoms with Gasteiger partial charge in [0.15, 0.2) is 0 Å². The first kappa shape index (κ1) is 15.5. The summed E-state index contributed by atoms with van der Waals surface area (Å²) in [5.41, 5.74) is -1.01. The largest absolute Gasteiger partial charge is 0.479 e. The second kappa shape index (κ2) is 6.26. The molecule has 6 heteroatoms. The molecule has 0 spiro atoms. The van der Waals surface area contributed by atoms with Crippen LogP contribution in [0.5, 0.6) is 0 Å². The van der Waals surface area contributed by atoms with Crippen LogP contribution in [0.3, 0.4) is 0 Å². The number of carboxylic acid groups (broad SMARTS) is 1. The third-order valence-corrected chi connectivity index (χ3v) is 5.67. The van der Waals surface area contributed by atoms with Crippen molar-refractivity contribution in [2.75, 3.05) is 7.05 Å². The summed E-state index contributed by atoms with van der Waals surface area (Å²) in [7, 11) is 1.63. The second-order valence-corrected chi connectivity index (χ2v) is 7.78. The van der Waals surface area contributed by atoms with Crippen LogP contribution in [0.25, 0.3) is 0 Å². The lowest BCUT2D eigenvalue weighted by molar-refractivity contribution is -0.160. The molecule has 0 aromatic carbocycles. The topological polar surface area (TPSA) is 57.6 Å². The minimum Gasteiger partial charge on any atom is -0.479 e. The summed E-state index contributed by atoms with van der Waals surface area (Å²) in [5.74, 6) is -0.996. The summed E-state index contributed by atoms with van der Waals surface area (Å²) in [6.45, 7) is 0. The Bertz CT molecular complexity index is 508. The van der Waals surface area contributed by atoms with E-state index in [9.17, 15) is 14.7 Å². The number of halogens is 1.